The first-order chi connectivity index (χ1) is 20.1. The summed E-state index contributed by atoms with van der Waals surface area (Å²) in [6, 6.07) is 1.77. The van der Waals surface area contributed by atoms with E-state index < -0.39 is 106 Å². The highest BCUT2D eigenvalue weighted by atomic mass is 16.7. The quantitative estimate of drug-likeness (QED) is 0.370. The highest BCUT2D eigenvalue weighted by Crippen LogP contribution is 2.75. The van der Waals surface area contributed by atoms with Crippen molar-refractivity contribution in [3.63, 3.8) is 0 Å². The first-order valence-electron chi connectivity index (χ1n) is 15.3. The summed E-state index contributed by atoms with van der Waals surface area (Å²) in [4.78, 5) is 39.7. The van der Waals surface area contributed by atoms with E-state index in [0.717, 1.165) is 5.56 Å². The summed E-state index contributed by atoms with van der Waals surface area (Å²) in [5.74, 6) is -5.07. The fourth-order valence-corrected chi connectivity index (χ4v) is 10.7. The van der Waals surface area contributed by atoms with E-state index in [1.165, 1.54) is 13.2 Å². The number of Topliss-reactive ketones (excluding diaryl/α,β-unsaturated/α-hetero) is 1. The van der Waals surface area contributed by atoms with Gasteiger partial charge in [0.2, 0.25) is 6.29 Å². The molecule has 4 saturated carbocycles. The van der Waals surface area contributed by atoms with Crippen LogP contribution >= 0.6 is 0 Å². The maximum Gasteiger partial charge on any atom is 0.310 e. The average Bonchev–Trinajstić information content (AvgIpc) is 3.55. The smallest absolute Gasteiger partial charge is 0.310 e. The third kappa shape index (κ3) is 3.75. The third-order valence-corrected chi connectivity index (χ3v) is 12.5. The van der Waals surface area contributed by atoms with Gasteiger partial charge in [-0.1, -0.05) is 27.7 Å². The van der Waals surface area contributed by atoms with Gasteiger partial charge in [-0.25, -0.2) is 0 Å². The molecule has 0 unspecified atom stereocenters. The number of carbonyl (C=O) groups is 3. The predicted octanol–water partition coefficient (Wildman–Crippen LogP) is 1.94. The van der Waals surface area contributed by atoms with Gasteiger partial charge in [0.05, 0.1) is 48.8 Å². The topological polar surface area (TPSA) is 173 Å². The molecule has 1 aromatic rings. The Hall–Kier alpha value is -2.31. The fraction of sp³-hybridized carbons (Fsp3) is 0.781. The summed E-state index contributed by atoms with van der Waals surface area (Å²) < 4.78 is 23.2. The van der Waals surface area contributed by atoms with Crippen LogP contribution in [-0.2, 0) is 28.6 Å². The van der Waals surface area contributed by atoms with Crippen molar-refractivity contribution in [2.24, 2.45) is 45.3 Å². The van der Waals surface area contributed by atoms with Gasteiger partial charge < -0.3 is 39.1 Å². The maximum absolute atomic E-state index is 14.7. The molecule has 1 saturated heterocycles. The summed E-state index contributed by atoms with van der Waals surface area (Å²) >= 11 is 0. The van der Waals surface area contributed by atoms with Gasteiger partial charge in [-0.05, 0) is 43.2 Å². The zero-order chi connectivity index (χ0) is 31.4. The molecule has 4 aliphatic carbocycles. The summed E-state index contributed by atoms with van der Waals surface area (Å²) in [7, 11) is 0. The molecule has 5 aliphatic rings. The van der Waals surface area contributed by atoms with Crippen LogP contribution in [0, 0.1) is 45.3 Å². The lowest BCUT2D eigenvalue weighted by atomic mass is 9.33. The van der Waals surface area contributed by atoms with Crippen molar-refractivity contribution >= 4 is 17.7 Å². The number of aliphatic hydroxyl groups excluding tert-OH is 4. The van der Waals surface area contributed by atoms with E-state index in [4.69, 9.17) is 18.6 Å². The van der Waals surface area contributed by atoms with Crippen LogP contribution < -0.4 is 0 Å². The Morgan fingerprint density at radius 1 is 0.977 bits per heavy atom. The molecule has 14 atom stereocenters. The molecule has 238 valence electrons. The fourth-order valence-electron chi connectivity index (χ4n) is 10.7. The Bertz CT molecular complexity index is 1290. The normalized spacial score (nSPS) is 50.4. The van der Waals surface area contributed by atoms with E-state index in [9.17, 15) is 34.8 Å². The zero-order valence-electron chi connectivity index (χ0n) is 25.6. The highest BCUT2D eigenvalue weighted by Gasteiger charge is 2.81. The lowest BCUT2D eigenvalue weighted by molar-refractivity contribution is -0.375. The van der Waals surface area contributed by atoms with Crippen LogP contribution in [-0.4, -0.2) is 81.6 Å². The van der Waals surface area contributed by atoms with Crippen molar-refractivity contribution in [1.82, 2.24) is 0 Å². The van der Waals surface area contributed by atoms with Crippen molar-refractivity contribution in [3.05, 3.63) is 24.2 Å². The number of hydrogen-bond acceptors (Lipinski definition) is 11. The van der Waals surface area contributed by atoms with Crippen molar-refractivity contribution in [2.45, 2.75) is 104 Å². The lowest BCUT2D eigenvalue weighted by Crippen LogP contribution is -2.80. The second-order valence-corrected chi connectivity index (χ2v) is 14.7. The van der Waals surface area contributed by atoms with Crippen LogP contribution in [0.25, 0.3) is 0 Å². The van der Waals surface area contributed by atoms with Gasteiger partial charge in [0, 0.05) is 41.4 Å². The molecule has 1 aromatic heterocycles. The third-order valence-electron chi connectivity index (χ3n) is 12.5. The van der Waals surface area contributed by atoms with Gasteiger partial charge in [0.1, 0.15) is 12.2 Å². The molecule has 43 heavy (non-hydrogen) atoms. The van der Waals surface area contributed by atoms with Crippen LogP contribution in [0.2, 0.25) is 0 Å². The van der Waals surface area contributed by atoms with Crippen LogP contribution in [0.3, 0.4) is 0 Å². The highest BCUT2D eigenvalue weighted by molar-refractivity contribution is 5.90. The first-order valence-corrected chi connectivity index (χ1v) is 15.3. The standard InChI is InChI=1S/C32H44O11/c1-14(2)27(39)43-28-30(5)19-10-20(35)31(6)24-18(34)9-17(16-7-8-40-12-16)29(24,4)26(38)23(37)25(31)32(19,13-41-28)21(36)11-22(30)42-15(3)33/h7-8,12,14,17-22,24-26,28,34-36,38H,9-11,13H2,1-6H3/t17-,18+,19-,20+,21-,22+,24+,25-,26-,28-,29-,30+,31-,32+/m0/s1. The zero-order valence-corrected chi connectivity index (χ0v) is 25.6. The van der Waals surface area contributed by atoms with E-state index in [1.54, 1.807) is 46.9 Å². The van der Waals surface area contributed by atoms with Gasteiger partial charge in [0.15, 0.2) is 5.78 Å². The van der Waals surface area contributed by atoms with Gasteiger partial charge in [-0.3, -0.25) is 14.4 Å². The molecule has 0 amide bonds. The largest absolute Gasteiger partial charge is 0.472 e. The molecular weight excluding hydrogens is 560 g/mol. The minimum atomic E-state index is -1.52. The number of ketones is 1. The van der Waals surface area contributed by atoms with Gasteiger partial charge in [0.25, 0.3) is 0 Å². The Balaban J connectivity index is 1.51. The van der Waals surface area contributed by atoms with E-state index >= 15 is 0 Å². The molecule has 6 rings (SSSR count). The molecule has 11 nitrogen and oxygen atoms in total. The van der Waals surface area contributed by atoms with Gasteiger partial charge >= 0.3 is 11.9 Å². The van der Waals surface area contributed by atoms with Crippen molar-refractivity contribution in [2.75, 3.05) is 6.61 Å². The number of esters is 2. The molecule has 0 aromatic carbocycles. The molecule has 11 heteroatoms. The molecule has 2 heterocycles. The minimum Gasteiger partial charge on any atom is -0.472 e. The number of fused-ring (bicyclic) bond motifs is 3. The minimum absolute atomic E-state index is 0.0557. The van der Waals surface area contributed by atoms with E-state index in [2.05, 4.69) is 0 Å². The Morgan fingerprint density at radius 3 is 2.28 bits per heavy atom. The number of furan rings is 1. The summed E-state index contributed by atoms with van der Waals surface area (Å²) in [5, 5.41) is 47.8. The maximum atomic E-state index is 14.7. The van der Waals surface area contributed by atoms with E-state index in [-0.39, 0.29) is 25.9 Å². The van der Waals surface area contributed by atoms with E-state index in [1.807, 2.05) is 0 Å². The van der Waals surface area contributed by atoms with Crippen LogP contribution in [0.4, 0.5) is 0 Å². The predicted molar refractivity (Wildman–Crippen MR) is 148 cm³/mol. The second-order valence-electron chi connectivity index (χ2n) is 14.7. The van der Waals surface area contributed by atoms with Gasteiger partial charge in [-0.15, -0.1) is 0 Å². The van der Waals surface area contributed by atoms with Crippen LogP contribution in [0.1, 0.15) is 72.3 Å². The van der Waals surface area contributed by atoms with Crippen molar-refractivity contribution < 1.29 is 53.4 Å². The van der Waals surface area contributed by atoms with Gasteiger partial charge in [-0.2, -0.15) is 0 Å². The molecule has 5 fully saturated rings. The molecule has 0 radical (unpaired) electrons. The number of aliphatic hydroxyl groups is 4. The monoisotopic (exact) mass is 604 g/mol. The number of carbonyl (C=O) groups excluding carboxylic acids is 3. The molecular formula is C32H44O11. The Labute approximate surface area is 250 Å². The van der Waals surface area contributed by atoms with E-state index in [0.29, 0.717) is 0 Å². The Kier molecular flexibility index (Phi) is 7.03. The number of rotatable bonds is 4. The summed E-state index contributed by atoms with van der Waals surface area (Å²) in [6.45, 7) is 9.77. The summed E-state index contributed by atoms with van der Waals surface area (Å²) in [5.41, 5.74) is -4.21. The second kappa shape index (κ2) is 9.84. The SMILES string of the molecule is CC(=O)O[C@@H]1C[C@H](O)[C@@]23CO[C@@H](OC(=O)C(C)C)[C@]1(C)[C@@H]2C[C@@H](O)[C@@]1(C)[C@@H]2[C@H](O)C[C@@H](c4ccoc4)[C@]2(C)[C@@H](O)C(=O)[C@@H]13. The molecule has 1 aliphatic heterocycles. The average molecular weight is 605 g/mol. The number of ether oxygens (including phenoxy) is 3. The van der Waals surface area contributed by atoms with Crippen LogP contribution in [0.5, 0.6) is 0 Å². The summed E-state index contributed by atoms with van der Waals surface area (Å²) in [6.07, 6.45) is -3.65. The molecule has 4 N–H and O–H groups in total. The Morgan fingerprint density at radius 2 is 1.67 bits per heavy atom. The number of hydrogen-bond donors (Lipinski definition) is 4. The van der Waals surface area contributed by atoms with Crippen molar-refractivity contribution in [1.29, 1.82) is 0 Å². The van der Waals surface area contributed by atoms with Crippen LogP contribution in [0.15, 0.2) is 23.0 Å². The molecule has 0 spiro atoms. The molecule has 2 bridgehead atoms. The first kappa shape index (κ1) is 30.7. The lowest BCUT2D eigenvalue weighted by Gasteiger charge is -2.73. The van der Waals surface area contributed by atoms with Crippen molar-refractivity contribution in [3.8, 4) is 0 Å².